The number of carbonyl (C=O) groups excluding carboxylic acids is 1. The molecule has 2 aliphatic heterocycles. The molecular formula is C19H17N3O2. The van der Waals surface area contributed by atoms with Crippen molar-refractivity contribution in [2.45, 2.75) is 13.0 Å². The summed E-state index contributed by atoms with van der Waals surface area (Å²) in [6, 6.07) is 16.0. The molecule has 2 aromatic carbocycles. The van der Waals surface area contributed by atoms with Crippen molar-refractivity contribution < 1.29 is 9.53 Å². The van der Waals surface area contributed by atoms with Gasteiger partial charge in [-0.05, 0) is 47.9 Å². The minimum absolute atomic E-state index is 0.252. The molecule has 0 unspecified atom stereocenters. The van der Waals surface area contributed by atoms with Gasteiger partial charge in [0.25, 0.3) is 0 Å². The molecule has 1 fully saturated rings. The fraction of sp³-hybridized carbons (Fsp3) is 0.263. The van der Waals surface area contributed by atoms with E-state index in [2.05, 4.69) is 17.0 Å². The van der Waals surface area contributed by atoms with Crippen LogP contribution in [0.25, 0.3) is 0 Å². The molecule has 0 radical (unpaired) electrons. The molecule has 0 atom stereocenters. The van der Waals surface area contributed by atoms with E-state index in [1.807, 2.05) is 36.4 Å². The largest absolute Gasteiger partial charge is 0.447 e. The highest BCUT2D eigenvalue weighted by molar-refractivity contribution is 5.90. The fourth-order valence-electron chi connectivity index (χ4n) is 3.42. The zero-order chi connectivity index (χ0) is 16.5. The molecule has 4 rings (SSSR count). The quantitative estimate of drug-likeness (QED) is 0.853. The summed E-state index contributed by atoms with van der Waals surface area (Å²) < 4.78 is 5.07. The van der Waals surface area contributed by atoms with Crippen LogP contribution in [0.4, 0.5) is 16.2 Å². The van der Waals surface area contributed by atoms with E-state index in [0.717, 1.165) is 30.9 Å². The van der Waals surface area contributed by atoms with E-state index < -0.39 is 0 Å². The summed E-state index contributed by atoms with van der Waals surface area (Å²) in [6.07, 6.45) is 0.632. The molecule has 2 heterocycles. The number of hydrogen-bond donors (Lipinski definition) is 0. The van der Waals surface area contributed by atoms with Crippen molar-refractivity contribution in [3.8, 4) is 6.07 Å². The molecule has 2 aliphatic rings. The van der Waals surface area contributed by atoms with Crippen molar-refractivity contribution >= 4 is 17.5 Å². The Bertz CT molecular complexity index is 823. The predicted molar refractivity (Wildman–Crippen MR) is 91.0 cm³/mol. The molecule has 1 amide bonds. The predicted octanol–water partition coefficient (Wildman–Crippen LogP) is 3.08. The molecule has 0 saturated carbocycles. The number of amides is 1. The van der Waals surface area contributed by atoms with Crippen LogP contribution in [-0.2, 0) is 17.7 Å². The van der Waals surface area contributed by atoms with Gasteiger partial charge in [-0.25, -0.2) is 4.79 Å². The molecule has 5 heteroatoms. The molecule has 0 bridgehead atoms. The number of ether oxygens (including phenoxy) is 1. The van der Waals surface area contributed by atoms with E-state index in [4.69, 9.17) is 10.00 Å². The number of nitrogens with zero attached hydrogens (tertiary/aromatic N) is 3. The van der Waals surface area contributed by atoms with Crippen molar-refractivity contribution in [1.82, 2.24) is 0 Å². The van der Waals surface area contributed by atoms with E-state index in [0.29, 0.717) is 18.7 Å². The number of anilines is 2. The van der Waals surface area contributed by atoms with Crippen molar-refractivity contribution in [2.75, 3.05) is 29.5 Å². The number of fused-ring (bicyclic) bond motifs is 1. The third kappa shape index (κ3) is 2.46. The molecule has 5 nitrogen and oxygen atoms in total. The van der Waals surface area contributed by atoms with Gasteiger partial charge in [-0.2, -0.15) is 5.26 Å². The van der Waals surface area contributed by atoms with Gasteiger partial charge in [0.05, 0.1) is 23.9 Å². The minimum Gasteiger partial charge on any atom is -0.447 e. The minimum atomic E-state index is -0.252. The first kappa shape index (κ1) is 14.6. The highest BCUT2D eigenvalue weighted by atomic mass is 16.6. The molecule has 0 aliphatic carbocycles. The maximum atomic E-state index is 11.9. The van der Waals surface area contributed by atoms with Crippen LogP contribution in [0.1, 0.15) is 16.7 Å². The topological polar surface area (TPSA) is 56.6 Å². The van der Waals surface area contributed by atoms with Gasteiger partial charge < -0.3 is 9.64 Å². The van der Waals surface area contributed by atoms with Crippen LogP contribution < -0.4 is 9.80 Å². The third-order valence-electron chi connectivity index (χ3n) is 4.65. The van der Waals surface area contributed by atoms with Crippen LogP contribution in [0.15, 0.2) is 42.5 Å². The zero-order valence-corrected chi connectivity index (χ0v) is 13.2. The van der Waals surface area contributed by atoms with Crippen molar-refractivity contribution in [3.63, 3.8) is 0 Å². The first-order valence-electron chi connectivity index (χ1n) is 8.06. The molecule has 0 N–H and O–H groups in total. The third-order valence-corrected chi connectivity index (χ3v) is 4.65. The SMILES string of the molecule is N#Cc1ccc(N2CCc3c(cccc3N3CCOC3=O)C2)cc1. The maximum absolute atomic E-state index is 11.9. The molecule has 0 aromatic heterocycles. The summed E-state index contributed by atoms with van der Waals surface area (Å²) in [5.41, 5.74) is 5.25. The van der Waals surface area contributed by atoms with Crippen LogP contribution in [0, 0.1) is 11.3 Å². The van der Waals surface area contributed by atoms with Crippen LogP contribution >= 0.6 is 0 Å². The van der Waals surface area contributed by atoms with Crippen molar-refractivity contribution in [1.29, 1.82) is 5.26 Å². The summed E-state index contributed by atoms with van der Waals surface area (Å²) in [6.45, 7) is 2.77. The summed E-state index contributed by atoms with van der Waals surface area (Å²) in [5.74, 6) is 0. The van der Waals surface area contributed by atoms with Crippen molar-refractivity contribution in [3.05, 3.63) is 59.2 Å². The Balaban J connectivity index is 1.61. The Kier molecular flexibility index (Phi) is 3.58. The normalized spacial score (nSPS) is 16.5. The highest BCUT2D eigenvalue weighted by Gasteiger charge is 2.28. The number of rotatable bonds is 2. The number of benzene rings is 2. The average molecular weight is 319 g/mol. The second kappa shape index (κ2) is 5.89. The Morgan fingerprint density at radius 3 is 2.62 bits per heavy atom. The molecule has 1 saturated heterocycles. The molecule has 2 aromatic rings. The Hall–Kier alpha value is -3.00. The van der Waals surface area contributed by atoms with Gasteiger partial charge >= 0.3 is 6.09 Å². The Morgan fingerprint density at radius 1 is 1.08 bits per heavy atom. The van der Waals surface area contributed by atoms with E-state index in [1.54, 1.807) is 4.90 Å². The highest BCUT2D eigenvalue weighted by Crippen LogP contribution is 2.32. The van der Waals surface area contributed by atoms with E-state index in [1.165, 1.54) is 11.1 Å². The lowest BCUT2D eigenvalue weighted by Crippen LogP contribution is -2.33. The lowest BCUT2D eigenvalue weighted by Gasteiger charge is -2.32. The lowest BCUT2D eigenvalue weighted by atomic mass is 9.96. The number of cyclic esters (lactones) is 1. The van der Waals surface area contributed by atoms with Gasteiger partial charge in [0.15, 0.2) is 0 Å². The standard InChI is InChI=1S/C19H17N3O2/c20-12-14-4-6-16(7-5-14)21-9-8-17-15(13-21)2-1-3-18(17)22-10-11-24-19(22)23/h1-7H,8-11,13H2. The number of nitriles is 1. The van der Waals surface area contributed by atoms with Gasteiger partial charge in [0, 0.05) is 18.8 Å². The van der Waals surface area contributed by atoms with Crippen LogP contribution in [-0.4, -0.2) is 25.8 Å². The Labute approximate surface area is 140 Å². The Morgan fingerprint density at radius 2 is 1.92 bits per heavy atom. The van der Waals surface area contributed by atoms with Gasteiger partial charge in [-0.3, -0.25) is 4.90 Å². The molecule has 0 spiro atoms. The summed E-state index contributed by atoms with van der Waals surface area (Å²) in [4.78, 5) is 15.9. The van der Waals surface area contributed by atoms with Crippen LogP contribution in [0.3, 0.4) is 0 Å². The van der Waals surface area contributed by atoms with Crippen molar-refractivity contribution in [2.24, 2.45) is 0 Å². The molecule has 24 heavy (non-hydrogen) atoms. The second-order valence-corrected chi connectivity index (χ2v) is 6.01. The molecular weight excluding hydrogens is 302 g/mol. The smallest absolute Gasteiger partial charge is 0.414 e. The number of hydrogen-bond acceptors (Lipinski definition) is 4. The van der Waals surface area contributed by atoms with Gasteiger partial charge in [0.2, 0.25) is 0 Å². The lowest BCUT2D eigenvalue weighted by molar-refractivity contribution is 0.181. The molecule has 120 valence electrons. The summed E-state index contributed by atoms with van der Waals surface area (Å²) in [5, 5.41) is 8.92. The fourth-order valence-corrected chi connectivity index (χ4v) is 3.42. The first-order chi connectivity index (χ1) is 11.8. The van der Waals surface area contributed by atoms with E-state index in [9.17, 15) is 4.79 Å². The first-order valence-corrected chi connectivity index (χ1v) is 8.06. The number of carbonyl (C=O) groups is 1. The van der Waals surface area contributed by atoms with Crippen LogP contribution in [0.5, 0.6) is 0 Å². The van der Waals surface area contributed by atoms with Gasteiger partial charge in [-0.15, -0.1) is 0 Å². The van der Waals surface area contributed by atoms with Gasteiger partial charge in [-0.1, -0.05) is 12.1 Å². The van der Waals surface area contributed by atoms with Gasteiger partial charge in [0.1, 0.15) is 6.61 Å². The maximum Gasteiger partial charge on any atom is 0.414 e. The summed E-state index contributed by atoms with van der Waals surface area (Å²) >= 11 is 0. The van der Waals surface area contributed by atoms with Crippen LogP contribution in [0.2, 0.25) is 0 Å². The monoisotopic (exact) mass is 319 g/mol. The van der Waals surface area contributed by atoms with E-state index >= 15 is 0 Å². The zero-order valence-electron chi connectivity index (χ0n) is 13.2. The average Bonchev–Trinajstić information content (AvgIpc) is 3.06. The summed E-state index contributed by atoms with van der Waals surface area (Å²) in [7, 11) is 0. The second-order valence-electron chi connectivity index (χ2n) is 6.01. The van der Waals surface area contributed by atoms with E-state index in [-0.39, 0.29) is 6.09 Å².